The number of ether oxygens (including phenoxy) is 1. The number of nitrogens with zero attached hydrogens (tertiary/aromatic N) is 2. The lowest BCUT2D eigenvalue weighted by Gasteiger charge is -2.28. The highest BCUT2D eigenvalue weighted by atomic mass is 16.5. The molecule has 2 aromatic rings. The Kier molecular flexibility index (Phi) is 3.54. The number of hydrogen-bond donors (Lipinski definition) is 3. The second kappa shape index (κ2) is 5.48. The van der Waals surface area contributed by atoms with Crippen LogP contribution in [0, 0.1) is 0 Å². The van der Waals surface area contributed by atoms with E-state index in [0.29, 0.717) is 0 Å². The summed E-state index contributed by atoms with van der Waals surface area (Å²) in [5.74, 6) is 6.34. The maximum atomic E-state index is 5.88. The minimum atomic E-state index is -0.0985. The molecule has 2 unspecified atom stereocenters. The molecule has 19 heavy (non-hydrogen) atoms. The maximum Gasteiger partial charge on any atom is 0.142 e. The summed E-state index contributed by atoms with van der Waals surface area (Å²) in [4.78, 5) is 4.14. The van der Waals surface area contributed by atoms with E-state index in [2.05, 4.69) is 38.8 Å². The van der Waals surface area contributed by atoms with Crippen molar-refractivity contribution in [3.8, 4) is 0 Å². The van der Waals surface area contributed by atoms with Crippen molar-refractivity contribution in [2.45, 2.75) is 25.0 Å². The number of fused-ring (bicyclic) bond motifs is 1. The van der Waals surface area contributed by atoms with Gasteiger partial charge in [-0.05, 0) is 17.5 Å². The molecule has 100 valence electrons. The van der Waals surface area contributed by atoms with Gasteiger partial charge in [0, 0.05) is 6.42 Å². The number of hydrazine groups is 1. The van der Waals surface area contributed by atoms with Gasteiger partial charge in [-0.3, -0.25) is 10.9 Å². The van der Waals surface area contributed by atoms with Gasteiger partial charge in [0.25, 0.3) is 0 Å². The van der Waals surface area contributed by atoms with E-state index >= 15 is 0 Å². The molecular weight excluding hydrogens is 242 g/mol. The summed E-state index contributed by atoms with van der Waals surface area (Å²) in [7, 11) is 0. The van der Waals surface area contributed by atoms with Crippen LogP contribution < -0.4 is 11.3 Å². The first-order valence-corrected chi connectivity index (χ1v) is 6.39. The van der Waals surface area contributed by atoms with Crippen LogP contribution in [0.25, 0.3) is 0 Å². The van der Waals surface area contributed by atoms with Crippen LogP contribution in [0.1, 0.15) is 35.5 Å². The Morgan fingerprint density at radius 1 is 1.47 bits per heavy atom. The molecule has 0 bridgehead atoms. The molecule has 0 saturated carbocycles. The van der Waals surface area contributed by atoms with Crippen molar-refractivity contribution >= 4 is 0 Å². The monoisotopic (exact) mass is 259 g/mol. The van der Waals surface area contributed by atoms with E-state index in [4.69, 9.17) is 10.6 Å². The fourth-order valence-corrected chi connectivity index (χ4v) is 2.53. The van der Waals surface area contributed by atoms with E-state index in [1.165, 1.54) is 17.5 Å². The summed E-state index contributed by atoms with van der Waals surface area (Å²) in [5, 5.41) is 6.70. The Labute approximate surface area is 111 Å². The van der Waals surface area contributed by atoms with Gasteiger partial charge in [0.1, 0.15) is 12.2 Å². The van der Waals surface area contributed by atoms with Gasteiger partial charge in [-0.2, -0.15) is 5.10 Å². The molecule has 2 atom stereocenters. The minimum Gasteiger partial charge on any atom is -0.373 e. The van der Waals surface area contributed by atoms with Crippen molar-refractivity contribution in [3.05, 3.63) is 47.5 Å². The van der Waals surface area contributed by atoms with Crippen molar-refractivity contribution in [1.82, 2.24) is 20.6 Å². The third kappa shape index (κ3) is 2.51. The molecule has 0 spiro atoms. The van der Waals surface area contributed by atoms with Crippen LogP contribution in [0.2, 0.25) is 0 Å². The molecule has 2 heterocycles. The van der Waals surface area contributed by atoms with E-state index in [1.807, 2.05) is 6.07 Å². The smallest absolute Gasteiger partial charge is 0.142 e. The van der Waals surface area contributed by atoms with Crippen molar-refractivity contribution in [3.63, 3.8) is 0 Å². The molecule has 6 heteroatoms. The van der Waals surface area contributed by atoms with Crippen LogP contribution in [0.5, 0.6) is 0 Å². The second-order valence-corrected chi connectivity index (χ2v) is 4.63. The number of nitrogens with one attached hydrogen (secondary N) is 2. The quantitative estimate of drug-likeness (QED) is 0.563. The van der Waals surface area contributed by atoms with Crippen LogP contribution in [0.3, 0.4) is 0 Å². The van der Waals surface area contributed by atoms with Crippen molar-refractivity contribution in [1.29, 1.82) is 0 Å². The van der Waals surface area contributed by atoms with Gasteiger partial charge in [-0.25, -0.2) is 10.4 Å². The number of rotatable bonds is 4. The van der Waals surface area contributed by atoms with Gasteiger partial charge in [0.05, 0.1) is 18.8 Å². The van der Waals surface area contributed by atoms with E-state index in [0.717, 1.165) is 25.3 Å². The van der Waals surface area contributed by atoms with E-state index in [1.54, 1.807) is 0 Å². The molecule has 4 N–H and O–H groups in total. The molecule has 1 aliphatic heterocycles. The van der Waals surface area contributed by atoms with Crippen molar-refractivity contribution < 1.29 is 4.74 Å². The molecule has 0 fully saturated rings. The lowest BCUT2D eigenvalue weighted by molar-refractivity contribution is 0.0287. The van der Waals surface area contributed by atoms with Crippen molar-refractivity contribution in [2.24, 2.45) is 5.84 Å². The first-order chi connectivity index (χ1) is 9.38. The largest absolute Gasteiger partial charge is 0.373 e. The first kappa shape index (κ1) is 12.3. The Hall–Kier alpha value is -1.76. The normalized spacial score (nSPS) is 19.9. The van der Waals surface area contributed by atoms with Gasteiger partial charge in [0.2, 0.25) is 0 Å². The Morgan fingerprint density at radius 3 is 3.16 bits per heavy atom. The van der Waals surface area contributed by atoms with Crippen LogP contribution in [0.15, 0.2) is 30.6 Å². The summed E-state index contributed by atoms with van der Waals surface area (Å²) in [6.45, 7) is 0.745. The Morgan fingerprint density at radius 2 is 2.37 bits per heavy atom. The second-order valence-electron chi connectivity index (χ2n) is 4.63. The molecule has 1 aromatic carbocycles. The zero-order valence-electron chi connectivity index (χ0n) is 10.5. The zero-order valence-corrected chi connectivity index (χ0v) is 10.5. The molecule has 3 rings (SSSR count). The molecule has 0 saturated heterocycles. The number of benzene rings is 1. The standard InChI is InChI=1S/C13H17N5O/c14-17-11(13-15-8-16-18-13)7-12-10-4-2-1-3-9(10)5-6-19-12/h1-4,8,11-12,17H,5-7,14H2,(H,15,16,18). The predicted molar refractivity (Wildman–Crippen MR) is 69.9 cm³/mol. The maximum absolute atomic E-state index is 5.88. The summed E-state index contributed by atoms with van der Waals surface area (Å²) in [6.07, 6.45) is 3.21. The number of H-pyrrole nitrogens is 1. The van der Waals surface area contributed by atoms with E-state index in [9.17, 15) is 0 Å². The van der Waals surface area contributed by atoms with Gasteiger partial charge in [0.15, 0.2) is 0 Å². The van der Waals surface area contributed by atoms with Gasteiger partial charge < -0.3 is 4.74 Å². The number of aromatic amines is 1. The highest BCUT2D eigenvalue weighted by Gasteiger charge is 2.25. The third-order valence-electron chi connectivity index (χ3n) is 3.51. The van der Waals surface area contributed by atoms with Gasteiger partial charge >= 0.3 is 0 Å². The highest BCUT2D eigenvalue weighted by Crippen LogP contribution is 2.33. The van der Waals surface area contributed by atoms with Gasteiger partial charge in [-0.1, -0.05) is 24.3 Å². The fourth-order valence-electron chi connectivity index (χ4n) is 2.53. The third-order valence-corrected chi connectivity index (χ3v) is 3.51. The van der Waals surface area contributed by atoms with Crippen LogP contribution in [-0.2, 0) is 11.2 Å². The van der Waals surface area contributed by atoms with Crippen LogP contribution in [0.4, 0.5) is 0 Å². The van der Waals surface area contributed by atoms with Crippen molar-refractivity contribution in [2.75, 3.05) is 6.61 Å². The SMILES string of the molecule is NNC(CC1OCCc2ccccc21)c1ncn[nH]1. The lowest BCUT2D eigenvalue weighted by Crippen LogP contribution is -2.31. The zero-order chi connectivity index (χ0) is 13.1. The Bertz CT molecular complexity index is 528. The topological polar surface area (TPSA) is 88.8 Å². The molecule has 0 amide bonds. The molecule has 1 aromatic heterocycles. The number of nitrogens with two attached hydrogens (primary N) is 1. The van der Waals surface area contributed by atoms with Crippen LogP contribution >= 0.6 is 0 Å². The average Bonchev–Trinajstić information content (AvgIpc) is 2.99. The van der Waals surface area contributed by atoms with E-state index in [-0.39, 0.29) is 12.1 Å². The number of hydrogen-bond acceptors (Lipinski definition) is 5. The van der Waals surface area contributed by atoms with Gasteiger partial charge in [-0.15, -0.1) is 0 Å². The highest BCUT2D eigenvalue weighted by molar-refractivity contribution is 5.31. The fraction of sp³-hybridized carbons (Fsp3) is 0.385. The Balaban J connectivity index is 1.80. The first-order valence-electron chi connectivity index (χ1n) is 6.39. The van der Waals surface area contributed by atoms with Crippen LogP contribution in [-0.4, -0.2) is 21.8 Å². The average molecular weight is 259 g/mol. The summed E-state index contributed by atoms with van der Waals surface area (Å²) >= 11 is 0. The van der Waals surface area contributed by atoms with E-state index < -0.39 is 0 Å². The molecule has 6 nitrogen and oxygen atoms in total. The number of aromatic nitrogens is 3. The minimum absolute atomic E-state index is 0.0381. The molecule has 1 aliphatic rings. The lowest BCUT2D eigenvalue weighted by atomic mass is 9.93. The summed E-state index contributed by atoms with van der Waals surface area (Å²) < 4.78 is 5.88. The summed E-state index contributed by atoms with van der Waals surface area (Å²) in [5.41, 5.74) is 5.37. The molecule has 0 aliphatic carbocycles. The predicted octanol–water partition coefficient (Wildman–Crippen LogP) is 1.01. The summed E-state index contributed by atoms with van der Waals surface area (Å²) in [6, 6.07) is 8.28. The molecule has 0 radical (unpaired) electrons. The molecular formula is C13H17N5O.